The molecular weight excluding hydrogens is 424 g/mol. The third-order valence-electron chi connectivity index (χ3n) is 7.52. The van der Waals surface area contributed by atoms with Crippen LogP contribution in [0.4, 0.5) is 8.78 Å². The van der Waals surface area contributed by atoms with Gasteiger partial charge in [-0.25, -0.2) is 8.78 Å². The topological polar surface area (TPSA) is 60.3 Å². The van der Waals surface area contributed by atoms with Crippen molar-refractivity contribution in [2.24, 2.45) is 27.8 Å². The number of carbonyl (C=O) groups excluding carboxylic acids is 1. The molecule has 1 N–H and O–H groups in total. The molecule has 8 heteroatoms. The quantitative estimate of drug-likeness (QED) is 0.716. The number of piperidine rings is 1. The van der Waals surface area contributed by atoms with Crippen LogP contribution in [0.1, 0.15) is 37.7 Å². The van der Waals surface area contributed by atoms with Crippen LogP contribution in [0.5, 0.6) is 0 Å². The zero-order chi connectivity index (χ0) is 22.8. The average Bonchev–Trinajstić information content (AvgIpc) is 3.51. The molecule has 1 aromatic rings. The van der Waals surface area contributed by atoms with Crippen LogP contribution in [-0.4, -0.2) is 60.4 Å². The lowest BCUT2D eigenvalue weighted by Crippen LogP contribution is -2.41. The highest BCUT2D eigenvalue weighted by molar-refractivity contribution is 6.00. The van der Waals surface area contributed by atoms with Gasteiger partial charge in [0.1, 0.15) is 0 Å². The fraction of sp³-hybridized carbons (Fsp3) is 0.560. The molecular formula is C25H31F2N5O. The molecule has 2 fully saturated rings. The van der Waals surface area contributed by atoms with Crippen molar-refractivity contribution < 1.29 is 13.6 Å². The SMILES string of the molecule is O=C(CCc1cccc(F)c1F)N1CCC(CN2CCC3CC(C4C=NNC4)=NC=C32)CC1. The van der Waals surface area contributed by atoms with Gasteiger partial charge in [0.05, 0.1) is 5.92 Å². The van der Waals surface area contributed by atoms with Crippen LogP contribution in [0.15, 0.2) is 40.2 Å². The molecule has 0 saturated carbocycles. The summed E-state index contributed by atoms with van der Waals surface area (Å²) >= 11 is 0. The van der Waals surface area contributed by atoms with Crippen molar-refractivity contribution in [3.8, 4) is 0 Å². The van der Waals surface area contributed by atoms with Crippen molar-refractivity contribution in [2.75, 3.05) is 32.7 Å². The van der Waals surface area contributed by atoms with E-state index < -0.39 is 11.6 Å². The van der Waals surface area contributed by atoms with Crippen LogP contribution in [0.25, 0.3) is 0 Å². The van der Waals surface area contributed by atoms with Crippen LogP contribution < -0.4 is 5.43 Å². The predicted molar refractivity (Wildman–Crippen MR) is 124 cm³/mol. The van der Waals surface area contributed by atoms with Crippen molar-refractivity contribution in [1.29, 1.82) is 0 Å². The highest BCUT2D eigenvalue weighted by atomic mass is 19.2. The zero-order valence-electron chi connectivity index (χ0n) is 18.9. The van der Waals surface area contributed by atoms with Gasteiger partial charge in [-0.1, -0.05) is 12.1 Å². The highest BCUT2D eigenvalue weighted by Crippen LogP contribution is 2.36. The maximum absolute atomic E-state index is 13.8. The molecule has 1 aromatic carbocycles. The summed E-state index contributed by atoms with van der Waals surface area (Å²) < 4.78 is 27.2. The second-order valence-corrected chi connectivity index (χ2v) is 9.59. The number of hydrazone groups is 1. The van der Waals surface area contributed by atoms with Crippen LogP contribution in [0, 0.1) is 29.4 Å². The Labute approximate surface area is 193 Å². The number of hydrogen-bond acceptors (Lipinski definition) is 5. The number of fused-ring (bicyclic) bond motifs is 1. The Kier molecular flexibility index (Phi) is 6.42. The first-order chi connectivity index (χ1) is 16.1. The number of allylic oxidation sites excluding steroid dienone is 1. The molecule has 0 spiro atoms. The van der Waals surface area contributed by atoms with Gasteiger partial charge in [-0.2, -0.15) is 5.10 Å². The number of aliphatic imine (C=N–C) groups is 1. The standard InChI is InChI=1S/C25H31F2N5O/c26-21-3-1-2-18(25(21)27)4-5-24(33)31-9-6-17(7-10-31)16-32-11-8-19-12-22(28-15-23(19)32)20-13-29-30-14-20/h1-3,13,15,17,19-20,30H,4-12,14,16H2. The number of benzene rings is 1. The first kappa shape index (κ1) is 22.0. The van der Waals surface area contributed by atoms with E-state index in [2.05, 4.69) is 21.6 Å². The first-order valence-corrected chi connectivity index (χ1v) is 12.1. The van der Waals surface area contributed by atoms with Crippen molar-refractivity contribution in [3.63, 3.8) is 0 Å². The molecule has 33 heavy (non-hydrogen) atoms. The largest absolute Gasteiger partial charge is 0.373 e. The normalized spacial score (nSPS) is 25.0. The van der Waals surface area contributed by atoms with E-state index >= 15 is 0 Å². The van der Waals surface area contributed by atoms with E-state index in [-0.39, 0.29) is 24.3 Å². The second-order valence-electron chi connectivity index (χ2n) is 9.59. The minimum Gasteiger partial charge on any atom is -0.373 e. The molecule has 2 saturated heterocycles. The maximum Gasteiger partial charge on any atom is 0.222 e. The van der Waals surface area contributed by atoms with Gasteiger partial charge in [-0.3, -0.25) is 9.79 Å². The Bertz CT molecular complexity index is 983. The molecule has 0 aliphatic carbocycles. The molecule has 6 nitrogen and oxygen atoms in total. The first-order valence-electron chi connectivity index (χ1n) is 12.1. The average molecular weight is 456 g/mol. The second kappa shape index (κ2) is 9.61. The van der Waals surface area contributed by atoms with Gasteiger partial charge in [0, 0.05) is 68.9 Å². The Balaban J connectivity index is 1.09. The van der Waals surface area contributed by atoms with E-state index in [1.54, 1.807) is 6.07 Å². The smallest absolute Gasteiger partial charge is 0.222 e. The van der Waals surface area contributed by atoms with E-state index in [9.17, 15) is 13.6 Å². The maximum atomic E-state index is 13.8. The number of aryl methyl sites for hydroxylation is 1. The summed E-state index contributed by atoms with van der Waals surface area (Å²) in [7, 11) is 0. The summed E-state index contributed by atoms with van der Waals surface area (Å²) in [6.45, 7) is 4.43. The number of hydrogen-bond donors (Lipinski definition) is 1. The van der Waals surface area contributed by atoms with Gasteiger partial charge in [0.2, 0.25) is 5.91 Å². The molecule has 0 bridgehead atoms. The number of carbonyl (C=O) groups is 1. The number of halogens is 2. The van der Waals surface area contributed by atoms with Gasteiger partial charge in [0.25, 0.3) is 0 Å². The van der Waals surface area contributed by atoms with Crippen molar-refractivity contribution in [2.45, 2.75) is 38.5 Å². The highest BCUT2D eigenvalue weighted by Gasteiger charge is 2.35. The monoisotopic (exact) mass is 455 g/mol. The molecule has 4 heterocycles. The van der Waals surface area contributed by atoms with E-state index in [1.165, 1.54) is 23.9 Å². The molecule has 1 amide bonds. The molecule has 0 aromatic heterocycles. The summed E-state index contributed by atoms with van der Waals surface area (Å²) in [5, 5.41) is 4.12. The Morgan fingerprint density at radius 1 is 1.15 bits per heavy atom. The molecule has 2 atom stereocenters. The fourth-order valence-corrected chi connectivity index (χ4v) is 5.51. The van der Waals surface area contributed by atoms with Gasteiger partial charge >= 0.3 is 0 Å². The number of rotatable bonds is 6. The van der Waals surface area contributed by atoms with E-state index in [1.807, 2.05) is 11.1 Å². The van der Waals surface area contributed by atoms with Gasteiger partial charge < -0.3 is 15.2 Å². The molecule has 176 valence electrons. The molecule has 5 rings (SSSR count). The van der Waals surface area contributed by atoms with E-state index in [4.69, 9.17) is 4.99 Å². The number of likely N-dealkylation sites (tertiary alicyclic amines) is 2. The van der Waals surface area contributed by atoms with Crippen molar-refractivity contribution in [1.82, 2.24) is 15.2 Å². The minimum absolute atomic E-state index is 0.0279. The fourth-order valence-electron chi connectivity index (χ4n) is 5.51. The molecule has 4 aliphatic heterocycles. The Morgan fingerprint density at radius 2 is 2.00 bits per heavy atom. The van der Waals surface area contributed by atoms with E-state index in [0.717, 1.165) is 58.1 Å². The lowest BCUT2D eigenvalue weighted by molar-refractivity contribution is -0.132. The lowest BCUT2D eigenvalue weighted by Gasteiger charge is -2.35. The molecule has 4 aliphatic rings. The lowest BCUT2D eigenvalue weighted by atomic mass is 9.90. The Hall–Kier alpha value is -2.77. The van der Waals surface area contributed by atoms with E-state index in [0.29, 0.717) is 17.8 Å². The summed E-state index contributed by atoms with van der Waals surface area (Å²) in [5.41, 5.74) is 5.90. The van der Waals surface area contributed by atoms with Crippen LogP contribution in [0.2, 0.25) is 0 Å². The molecule has 2 unspecified atom stereocenters. The van der Waals surface area contributed by atoms with Gasteiger partial charge in [-0.15, -0.1) is 0 Å². The Morgan fingerprint density at radius 3 is 2.79 bits per heavy atom. The van der Waals surface area contributed by atoms with Crippen LogP contribution in [0.3, 0.4) is 0 Å². The number of nitrogens with zero attached hydrogens (tertiary/aromatic N) is 4. The van der Waals surface area contributed by atoms with Crippen LogP contribution >= 0.6 is 0 Å². The number of nitrogens with one attached hydrogen (secondary N) is 1. The van der Waals surface area contributed by atoms with Gasteiger partial charge in [-0.05, 0) is 49.7 Å². The number of amides is 1. The summed E-state index contributed by atoms with van der Waals surface area (Å²) in [6, 6.07) is 4.14. The predicted octanol–water partition coefficient (Wildman–Crippen LogP) is 3.35. The molecule has 0 radical (unpaired) electrons. The third-order valence-corrected chi connectivity index (χ3v) is 7.52. The van der Waals surface area contributed by atoms with Gasteiger partial charge in [0.15, 0.2) is 11.6 Å². The van der Waals surface area contributed by atoms with Crippen LogP contribution in [-0.2, 0) is 11.2 Å². The van der Waals surface area contributed by atoms with Crippen molar-refractivity contribution >= 4 is 17.8 Å². The summed E-state index contributed by atoms with van der Waals surface area (Å²) in [4.78, 5) is 21.8. The zero-order valence-corrected chi connectivity index (χ0v) is 18.9. The third kappa shape index (κ3) is 4.80. The minimum atomic E-state index is -0.857. The summed E-state index contributed by atoms with van der Waals surface area (Å²) in [5.74, 6) is -0.211. The van der Waals surface area contributed by atoms with Crippen molar-refractivity contribution in [3.05, 3.63) is 47.3 Å². The summed E-state index contributed by atoms with van der Waals surface area (Å²) in [6.07, 6.45) is 8.65.